The summed E-state index contributed by atoms with van der Waals surface area (Å²) in [7, 11) is 0. The Kier molecular flexibility index (Phi) is 3.78. The van der Waals surface area contributed by atoms with Gasteiger partial charge in [-0.2, -0.15) is 0 Å². The third-order valence-corrected chi connectivity index (χ3v) is 3.55. The first-order valence-corrected chi connectivity index (χ1v) is 7.03. The zero-order chi connectivity index (χ0) is 14.8. The molecular weight excluding hydrogens is 286 g/mol. The van der Waals surface area contributed by atoms with E-state index in [1.807, 2.05) is 18.2 Å². The molecule has 3 aromatic rings. The summed E-state index contributed by atoms with van der Waals surface area (Å²) in [6, 6.07) is 10.7. The van der Waals surface area contributed by atoms with Gasteiger partial charge < -0.3 is 9.73 Å². The fourth-order valence-corrected chi connectivity index (χ4v) is 2.47. The van der Waals surface area contributed by atoms with E-state index in [2.05, 4.69) is 11.9 Å². The maximum atomic E-state index is 12.5. The van der Waals surface area contributed by atoms with Crippen LogP contribution in [0.4, 0.5) is 0 Å². The maximum Gasteiger partial charge on any atom is 0.200 e. The van der Waals surface area contributed by atoms with Gasteiger partial charge in [0.1, 0.15) is 11.2 Å². The van der Waals surface area contributed by atoms with Crippen molar-refractivity contribution in [3.63, 3.8) is 0 Å². The molecule has 1 aromatic heterocycles. The molecule has 0 saturated carbocycles. The molecule has 0 atom stereocenters. The number of hydrogen-bond acceptors (Lipinski definition) is 3. The van der Waals surface area contributed by atoms with E-state index in [1.54, 1.807) is 24.3 Å². The molecule has 0 aliphatic heterocycles. The predicted molar refractivity (Wildman–Crippen MR) is 86.9 cm³/mol. The van der Waals surface area contributed by atoms with E-state index < -0.39 is 0 Å². The van der Waals surface area contributed by atoms with E-state index >= 15 is 0 Å². The molecule has 1 heterocycles. The van der Waals surface area contributed by atoms with Gasteiger partial charge in [-0.05, 0) is 29.8 Å². The third-order valence-electron chi connectivity index (χ3n) is 3.31. The normalized spacial score (nSPS) is 11.1. The Morgan fingerprint density at radius 3 is 2.81 bits per heavy atom. The summed E-state index contributed by atoms with van der Waals surface area (Å²) in [6.07, 6.45) is 1.80. The highest BCUT2D eigenvalue weighted by molar-refractivity contribution is 6.31. The Balaban J connectivity index is 2.14. The molecular formula is C17H14ClNO2. The Morgan fingerprint density at radius 1 is 1.14 bits per heavy atom. The summed E-state index contributed by atoms with van der Waals surface area (Å²) >= 11 is 5.94. The molecule has 0 amide bonds. The summed E-state index contributed by atoms with van der Waals surface area (Å²) in [5.41, 5.74) is 2.08. The lowest BCUT2D eigenvalue weighted by Gasteiger charge is -2.05. The molecule has 3 rings (SSSR count). The molecule has 4 heteroatoms. The van der Waals surface area contributed by atoms with Gasteiger partial charge in [0.25, 0.3) is 0 Å². The van der Waals surface area contributed by atoms with Crippen LogP contribution in [0.1, 0.15) is 5.56 Å². The van der Waals surface area contributed by atoms with Crippen LogP contribution >= 0.6 is 11.6 Å². The van der Waals surface area contributed by atoms with Gasteiger partial charge in [0.15, 0.2) is 0 Å². The minimum Gasteiger partial charge on any atom is -0.456 e. The van der Waals surface area contributed by atoms with Crippen molar-refractivity contribution in [1.82, 2.24) is 5.32 Å². The number of halogens is 1. The fraction of sp³-hybridized carbons (Fsp3) is 0.118. The van der Waals surface area contributed by atoms with Crippen molar-refractivity contribution in [1.29, 1.82) is 0 Å². The number of fused-ring (bicyclic) bond motifs is 2. The van der Waals surface area contributed by atoms with Gasteiger partial charge in [0, 0.05) is 24.2 Å². The molecule has 0 bridgehead atoms. The predicted octanol–water partition coefficient (Wildman–Crippen LogP) is 3.88. The molecule has 3 nitrogen and oxygen atoms in total. The first-order valence-electron chi connectivity index (χ1n) is 6.65. The molecule has 0 aliphatic rings. The van der Waals surface area contributed by atoms with Crippen molar-refractivity contribution in [3.8, 4) is 0 Å². The van der Waals surface area contributed by atoms with E-state index in [4.69, 9.17) is 16.0 Å². The van der Waals surface area contributed by atoms with Crippen LogP contribution in [0, 0.1) is 0 Å². The lowest BCUT2D eigenvalue weighted by molar-refractivity contribution is 0.659. The molecule has 0 unspecified atom stereocenters. The van der Waals surface area contributed by atoms with Crippen molar-refractivity contribution in [2.75, 3.05) is 6.54 Å². The van der Waals surface area contributed by atoms with E-state index in [-0.39, 0.29) is 5.43 Å². The van der Waals surface area contributed by atoms with Crippen molar-refractivity contribution in [2.24, 2.45) is 0 Å². The molecule has 21 heavy (non-hydrogen) atoms. The summed E-state index contributed by atoms with van der Waals surface area (Å²) in [4.78, 5) is 12.5. The number of hydrogen-bond donors (Lipinski definition) is 1. The maximum absolute atomic E-state index is 12.5. The van der Waals surface area contributed by atoms with Gasteiger partial charge in [0.2, 0.25) is 5.43 Å². The van der Waals surface area contributed by atoms with Crippen LogP contribution < -0.4 is 10.7 Å². The molecule has 1 N–H and O–H groups in total. The van der Waals surface area contributed by atoms with E-state index in [9.17, 15) is 4.79 Å². The van der Waals surface area contributed by atoms with Crippen LogP contribution in [-0.2, 0) is 6.54 Å². The standard InChI is InChI=1S/C17H14ClNO2/c1-2-7-19-10-11-3-6-15-14(8-11)17(20)13-5-4-12(18)9-16(13)21-15/h2-6,8-9,19H,1,7,10H2. The highest BCUT2D eigenvalue weighted by atomic mass is 35.5. The Labute approximate surface area is 126 Å². The summed E-state index contributed by atoms with van der Waals surface area (Å²) in [6.45, 7) is 5.06. The molecule has 0 radical (unpaired) electrons. The molecule has 2 aromatic carbocycles. The van der Waals surface area contributed by atoms with Gasteiger partial charge in [-0.1, -0.05) is 23.7 Å². The van der Waals surface area contributed by atoms with Crippen LogP contribution in [0.15, 0.2) is 58.3 Å². The van der Waals surface area contributed by atoms with Gasteiger partial charge in [-0.25, -0.2) is 0 Å². The summed E-state index contributed by atoms with van der Waals surface area (Å²) in [5, 5.41) is 4.89. The topological polar surface area (TPSA) is 42.2 Å². The fourth-order valence-electron chi connectivity index (χ4n) is 2.30. The van der Waals surface area contributed by atoms with E-state index in [1.165, 1.54) is 0 Å². The summed E-state index contributed by atoms with van der Waals surface area (Å²) < 4.78 is 5.77. The minimum absolute atomic E-state index is 0.0338. The number of nitrogens with one attached hydrogen (secondary N) is 1. The van der Waals surface area contributed by atoms with Crippen LogP contribution in [0.3, 0.4) is 0 Å². The molecule has 0 aliphatic carbocycles. The SMILES string of the molecule is C=CCNCc1ccc2oc3cc(Cl)ccc3c(=O)c2c1. The zero-order valence-corrected chi connectivity index (χ0v) is 12.1. The number of rotatable bonds is 4. The van der Waals surface area contributed by atoms with Crippen LogP contribution in [0.2, 0.25) is 5.02 Å². The van der Waals surface area contributed by atoms with Gasteiger partial charge >= 0.3 is 0 Å². The van der Waals surface area contributed by atoms with Crippen molar-refractivity contribution in [2.45, 2.75) is 6.54 Å². The van der Waals surface area contributed by atoms with E-state index in [0.29, 0.717) is 33.5 Å². The largest absolute Gasteiger partial charge is 0.456 e. The van der Waals surface area contributed by atoms with Crippen LogP contribution in [0.25, 0.3) is 21.9 Å². The second kappa shape index (κ2) is 5.72. The Hall–Kier alpha value is -2.10. The quantitative estimate of drug-likeness (QED) is 0.452. The highest BCUT2D eigenvalue weighted by Crippen LogP contribution is 2.22. The molecule has 0 fully saturated rings. The second-order valence-corrected chi connectivity index (χ2v) is 5.26. The van der Waals surface area contributed by atoms with Gasteiger partial charge in [0.05, 0.1) is 10.8 Å². The Morgan fingerprint density at radius 2 is 2.00 bits per heavy atom. The van der Waals surface area contributed by atoms with Crippen molar-refractivity contribution < 1.29 is 4.42 Å². The third kappa shape index (κ3) is 2.71. The molecule has 106 valence electrons. The van der Waals surface area contributed by atoms with Gasteiger partial charge in [-0.3, -0.25) is 4.79 Å². The van der Waals surface area contributed by atoms with Crippen molar-refractivity contribution >= 4 is 33.5 Å². The lowest BCUT2D eigenvalue weighted by atomic mass is 10.1. The average molecular weight is 300 g/mol. The van der Waals surface area contributed by atoms with E-state index in [0.717, 1.165) is 12.1 Å². The van der Waals surface area contributed by atoms with Crippen molar-refractivity contribution in [3.05, 3.63) is 69.9 Å². The smallest absolute Gasteiger partial charge is 0.200 e. The van der Waals surface area contributed by atoms with Gasteiger partial charge in [-0.15, -0.1) is 6.58 Å². The Bertz CT molecular complexity index is 883. The molecule has 0 saturated heterocycles. The lowest BCUT2D eigenvalue weighted by Crippen LogP contribution is -2.13. The van der Waals surface area contributed by atoms with Crippen LogP contribution in [0.5, 0.6) is 0 Å². The zero-order valence-electron chi connectivity index (χ0n) is 11.4. The van der Waals surface area contributed by atoms with Crippen LogP contribution in [-0.4, -0.2) is 6.54 Å². The monoisotopic (exact) mass is 299 g/mol. The summed E-state index contributed by atoms with van der Waals surface area (Å²) in [5.74, 6) is 0. The first kappa shape index (κ1) is 13.9. The highest BCUT2D eigenvalue weighted by Gasteiger charge is 2.08. The average Bonchev–Trinajstić information content (AvgIpc) is 2.48. The first-order chi connectivity index (χ1) is 10.2. The molecule has 0 spiro atoms. The minimum atomic E-state index is -0.0338. The second-order valence-electron chi connectivity index (χ2n) is 4.82. The number of benzene rings is 2.